The number of benzene rings is 3. The Morgan fingerprint density at radius 3 is 2.08 bits per heavy atom. The van der Waals surface area contributed by atoms with Crippen molar-refractivity contribution >= 4 is 17.4 Å². The fourth-order valence-corrected chi connectivity index (χ4v) is 6.12. The Morgan fingerprint density at radius 1 is 0.816 bits per heavy atom. The van der Waals surface area contributed by atoms with Gasteiger partial charge in [-0.05, 0) is 58.7 Å². The molecule has 1 spiro atoms. The fourth-order valence-electron chi connectivity index (χ4n) is 6.12. The summed E-state index contributed by atoms with van der Waals surface area (Å²) in [6, 6.07) is 32.2. The molecule has 192 valence electrons. The van der Waals surface area contributed by atoms with Crippen LogP contribution in [0.15, 0.2) is 97.2 Å². The van der Waals surface area contributed by atoms with E-state index in [1.165, 1.54) is 27.9 Å². The summed E-state index contributed by atoms with van der Waals surface area (Å²) >= 11 is 0. The van der Waals surface area contributed by atoms with Crippen LogP contribution in [0.25, 0.3) is 0 Å². The summed E-state index contributed by atoms with van der Waals surface area (Å²) < 4.78 is 0. The van der Waals surface area contributed by atoms with Crippen LogP contribution in [0.4, 0.5) is 11.5 Å². The predicted molar refractivity (Wildman–Crippen MR) is 154 cm³/mol. The van der Waals surface area contributed by atoms with Gasteiger partial charge in [-0.1, -0.05) is 93.6 Å². The third kappa shape index (κ3) is 4.49. The van der Waals surface area contributed by atoms with Crippen molar-refractivity contribution in [1.29, 1.82) is 0 Å². The molecule has 1 unspecified atom stereocenters. The van der Waals surface area contributed by atoms with E-state index in [-0.39, 0.29) is 11.3 Å². The van der Waals surface area contributed by atoms with Gasteiger partial charge in [0.05, 0.1) is 5.41 Å². The second-order valence-electron chi connectivity index (χ2n) is 12.0. The second-order valence-corrected chi connectivity index (χ2v) is 12.0. The molecule has 1 amide bonds. The van der Waals surface area contributed by atoms with E-state index in [0.717, 1.165) is 37.3 Å². The highest BCUT2D eigenvalue weighted by atomic mass is 16.2. The van der Waals surface area contributed by atoms with Crippen molar-refractivity contribution < 1.29 is 4.79 Å². The summed E-state index contributed by atoms with van der Waals surface area (Å²) in [5.74, 6) is 1.04. The van der Waals surface area contributed by atoms with Crippen LogP contribution >= 0.6 is 0 Å². The molecular weight excluding hydrogens is 466 g/mol. The normalized spacial score (nSPS) is 18.1. The zero-order valence-corrected chi connectivity index (χ0v) is 22.5. The van der Waals surface area contributed by atoms with E-state index in [1.807, 2.05) is 17.2 Å². The van der Waals surface area contributed by atoms with Gasteiger partial charge in [-0.3, -0.25) is 9.69 Å². The number of rotatable bonds is 6. The second kappa shape index (κ2) is 9.43. The largest absolute Gasteiger partial charge is 0.363 e. The topological polar surface area (TPSA) is 36.4 Å². The molecule has 2 aliphatic rings. The van der Waals surface area contributed by atoms with Gasteiger partial charge >= 0.3 is 0 Å². The SMILES string of the molecule is CC(C)(C)CN1C(=O)C2(Cc3ccc(N(Cc4ccccc4)Cc4ccccc4)cc3C2)c2cccnc21. The first-order chi connectivity index (χ1) is 18.3. The van der Waals surface area contributed by atoms with Crippen LogP contribution in [0.2, 0.25) is 0 Å². The molecule has 0 saturated carbocycles. The molecule has 4 nitrogen and oxygen atoms in total. The van der Waals surface area contributed by atoms with Crippen LogP contribution in [0.5, 0.6) is 0 Å². The van der Waals surface area contributed by atoms with Crippen LogP contribution in [0, 0.1) is 5.41 Å². The van der Waals surface area contributed by atoms with Gasteiger partial charge in [-0.15, -0.1) is 0 Å². The zero-order chi connectivity index (χ0) is 26.3. The Balaban J connectivity index is 1.34. The average Bonchev–Trinajstić information content (AvgIpc) is 3.40. The van der Waals surface area contributed by atoms with Gasteiger partial charge in [0.15, 0.2) is 0 Å². The van der Waals surface area contributed by atoms with Gasteiger partial charge in [0, 0.05) is 37.1 Å². The minimum atomic E-state index is -0.556. The lowest BCUT2D eigenvalue weighted by Crippen LogP contribution is -2.44. The minimum absolute atomic E-state index is 0.00994. The quantitative estimate of drug-likeness (QED) is 0.294. The number of amides is 1. The molecule has 6 rings (SSSR count). The summed E-state index contributed by atoms with van der Waals surface area (Å²) in [4.78, 5) is 23.2. The lowest BCUT2D eigenvalue weighted by atomic mass is 9.79. The van der Waals surface area contributed by atoms with Crippen LogP contribution < -0.4 is 9.80 Å². The molecule has 0 N–H and O–H groups in total. The van der Waals surface area contributed by atoms with Crippen LogP contribution in [0.3, 0.4) is 0 Å². The van der Waals surface area contributed by atoms with E-state index in [0.29, 0.717) is 6.54 Å². The smallest absolute Gasteiger partial charge is 0.239 e. The molecule has 1 aromatic heterocycles. The van der Waals surface area contributed by atoms with Crippen LogP contribution in [-0.2, 0) is 36.1 Å². The van der Waals surface area contributed by atoms with E-state index >= 15 is 0 Å². The third-order valence-corrected chi connectivity index (χ3v) is 7.82. The molecule has 0 fully saturated rings. The first kappa shape index (κ1) is 24.4. The van der Waals surface area contributed by atoms with Gasteiger partial charge in [0.25, 0.3) is 0 Å². The molecule has 38 heavy (non-hydrogen) atoms. The summed E-state index contributed by atoms with van der Waals surface area (Å²) in [7, 11) is 0. The van der Waals surface area contributed by atoms with E-state index in [4.69, 9.17) is 4.98 Å². The van der Waals surface area contributed by atoms with Crippen molar-refractivity contribution in [2.45, 2.75) is 52.1 Å². The fraction of sp³-hybridized carbons (Fsp3) is 0.294. The third-order valence-electron chi connectivity index (χ3n) is 7.82. The number of carbonyl (C=O) groups excluding carboxylic acids is 1. The van der Waals surface area contributed by atoms with Gasteiger partial charge in [-0.25, -0.2) is 4.98 Å². The first-order valence-corrected chi connectivity index (χ1v) is 13.5. The van der Waals surface area contributed by atoms with Gasteiger partial charge in [0.2, 0.25) is 5.91 Å². The minimum Gasteiger partial charge on any atom is -0.363 e. The molecule has 4 aromatic rings. The molecule has 0 saturated heterocycles. The van der Waals surface area contributed by atoms with Crippen molar-refractivity contribution in [2.75, 3.05) is 16.3 Å². The Morgan fingerprint density at radius 2 is 1.45 bits per heavy atom. The standard InChI is InChI=1S/C34H35N3O/c1-33(2,3)24-37-31-30(15-10-18-35-31)34(32(37)38)20-27-16-17-29(19-28(27)21-34)36(22-25-11-6-4-7-12-25)23-26-13-8-5-9-14-26/h4-19H,20-24H2,1-3H3. The Hall–Kier alpha value is -3.92. The number of hydrogen-bond acceptors (Lipinski definition) is 3. The zero-order valence-electron chi connectivity index (χ0n) is 22.5. The van der Waals surface area contributed by atoms with E-state index in [2.05, 4.69) is 111 Å². The molecule has 1 atom stereocenters. The molecule has 2 heterocycles. The number of pyridine rings is 1. The monoisotopic (exact) mass is 501 g/mol. The van der Waals surface area contributed by atoms with Crippen molar-refractivity contribution in [1.82, 2.24) is 4.98 Å². The van der Waals surface area contributed by atoms with Crippen molar-refractivity contribution in [3.05, 3.63) is 125 Å². The number of aromatic nitrogens is 1. The average molecular weight is 502 g/mol. The lowest BCUT2D eigenvalue weighted by molar-refractivity contribution is -0.123. The number of hydrogen-bond donors (Lipinski definition) is 0. The number of fused-ring (bicyclic) bond motifs is 3. The lowest BCUT2D eigenvalue weighted by Gasteiger charge is -2.28. The molecule has 3 aromatic carbocycles. The number of carbonyl (C=O) groups is 1. The summed E-state index contributed by atoms with van der Waals surface area (Å²) in [6.45, 7) is 8.85. The molecule has 0 bridgehead atoms. The van der Waals surface area contributed by atoms with Gasteiger partial charge in [0.1, 0.15) is 5.82 Å². The summed E-state index contributed by atoms with van der Waals surface area (Å²) in [5.41, 5.74) is 6.81. The Labute approximate surface area is 226 Å². The van der Waals surface area contributed by atoms with Crippen LogP contribution in [-0.4, -0.2) is 17.4 Å². The molecule has 4 heteroatoms. The number of anilines is 2. The van der Waals surface area contributed by atoms with Crippen molar-refractivity contribution in [2.24, 2.45) is 5.41 Å². The van der Waals surface area contributed by atoms with E-state index < -0.39 is 5.41 Å². The predicted octanol–water partition coefficient (Wildman–Crippen LogP) is 6.72. The summed E-state index contributed by atoms with van der Waals surface area (Å²) in [5, 5.41) is 0. The molecule has 1 aliphatic heterocycles. The first-order valence-electron chi connectivity index (χ1n) is 13.5. The van der Waals surface area contributed by atoms with E-state index in [9.17, 15) is 4.79 Å². The molecular formula is C34H35N3O. The molecule has 1 aliphatic carbocycles. The maximum absolute atomic E-state index is 14.1. The van der Waals surface area contributed by atoms with Gasteiger partial charge in [-0.2, -0.15) is 0 Å². The van der Waals surface area contributed by atoms with Crippen LogP contribution in [0.1, 0.15) is 48.6 Å². The Kier molecular flexibility index (Phi) is 6.06. The highest BCUT2D eigenvalue weighted by Crippen LogP contribution is 2.50. The summed E-state index contributed by atoms with van der Waals surface area (Å²) in [6.07, 6.45) is 3.27. The number of nitrogens with zero attached hydrogens (tertiary/aromatic N) is 3. The molecule has 0 radical (unpaired) electrons. The highest BCUT2D eigenvalue weighted by Gasteiger charge is 2.54. The van der Waals surface area contributed by atoms with Crippen molar-refractivity contribution in [3.8, 4) is 0 Å². The van der Waals surface area contributed by atoms with E-state index in [1.54, 1.807) is 0 Å². The maximum Gasteiger partial charge on any atom is 0.239 e. The highest BCUT2D eigenvalue weighted by molar-refractivity contribution is 6.08. The van der Waals surface area contributed by atoms with Crippen molar-refractivity contribution in [3.63, 3.8) is 0 Å². The maximum atomic E-state index is 14.1. The Bertz CT molecular complexity index is 1420. The van der Waals surface area contributed by atoms with Gasteiger partial charge < -0.3 is 4.90 Å².